The van der Waals surface area contributed by atoms with Crippen LogP contribution in [0.25, 0.3) is 16.5 Å². The molecule has 1 aliphatic rings. The molecule has 2 aromatic rings. The predicted octanol–water partition coefficient (Wildman–Crippen LogP) is 2.01. The van der Waals surface area contributed by atoms with E-state index in [0.717, 1.165) is 36.0 Å². The molecule has 1 fully saturated rings. The summed E-state index contributed by atoms with van der Waals surface area (Å²) in [4.78, 5) is 11.6. The minimum atomic E-state index is -0.478. The van der Waals surface area contributed by atoms with E-state index in [1.54, 1.807) is 18.2 Å². The highest BCUT2D eigenvalue weighted by atomic mass is 16.5. The molecule has 0 aliphatic heterocycles. The van der Waals surface area contributed by atoms with Gasteiger partial charge in [-0.2, -0.15) is 0 Å². The molecule has 5 nitrogen and oxygen atoms in total. The van der Waals surface area contributed by atoms with Crippen molar-refractivity contribution in [1.29, 1.82) is 0 Å². The molecule has 1 heterocycles. The molecule has 0 bridgehead atoms. The van der Waals surface area contributed by atoms with Crippen molar-refractivity contribution in [3.05, 3.63) is 40.6 Å². The molecule has 104 valence electrons. The average Bonchev–Trinajstić information content (AvgIpc) is 2.75. The summed E-state index contributed by atoms with van der Waals surface area (Å²) in [5.74, 6) is 0.385. The van der Waals surface area contributed by atoms with Crippen LogP contribution in [0.15, 0.2) is 22.6 Å². The lowest BCUT2D eigenvalue weighted by atomic mass is 9.74. The van der Waals surface area contributed by atoms with Gasteiger partial charge in [-0.1, -0.05) is 0 Å². The molecule has 0 radical (unpaired) electrons. The first kappa shape index (κ1) is 12.8. The van der Waals surface area contributed by atoms with E-state index >= 15 is 0 Å². The van der Waals surface area contributed by atoms with E-state index in [1.165, 1.54) is 7.11 Å². The third-order valence-electron chi connectivity index (χ3n) is 4.21. The molecule has 0 saturated heterocycles. The fourth-order valence-corrected chi connectivity index (χ4v) is 2.84. The molecule has 3 rings (SSSR count). The van der Waals surface area contributed by atoms with Crippen LogP contribution in [-0.4, -0.2) is 13.1 Å². The maximum Gasteiger partial charge on any atom is 0.337 e. The second kappa shape index (κ2) is 4.44. The number of hydrogen-bond donors (Lipinski definition) is 1. The summed E-state index contributed by atoms with van der Waals surface area (Å²) in [6.45, 7) is 1.94. The van der Waals surface area contributed by atoms with Crippen LogP contribution < -0.4 is 5.11 Å². The van der Waals surface area contributed by atoms with Gasteiger partial charge in [-0.15, -0.1) is 0 Å². The number of fused-ring (bicyclic) bond motifs is 1. The van der Waals surface area contributed by atoms with Gasteiger partial charge in [0.15, 0.2) is 5.76 Å². The fourth-order valence-electron chi connectivity index (χ4n) is 2.84. The molecule has 1 aliphatic carbocycles. The second-order valence-electron chi connectivity index (χ2n) is 5.31. The van der Waals surface area contributed by atoms with E-state index in [2.05, 4.69) is 5.11 Å². The lowest BCUT2D eigenvalue weighted by Gasteiger charge is -2.32. The Morgan fingerprint density at radius 2 is 2.20 bits per heavy atom. The van der Waals surface area contributed by atoms with Crippen LogP contribution >= 0.6 is 0 Å². The van der Waals surface area contributed by atoms with Crippen molar-refractivity contribution in [2.24, 2.45) is 0 Å². The Morgan fingerprint density at radius 3 is 2.75 bits per heavy atom. The summed E-state index contributed by atoms with van der Waals surface area (Å²) in [6, 6.07) is 5.22. The van der Waals surface area contributed by atoms with Crippen molar-refractivity contribution in [1.82, 2.24) is 0 Å². The number of aryl methyl sites for hydroxylation is 1. The molecule has 0 unspecified atom stereocenters. The highest BCUT2D eigenvalue weighted by molar-refractivity contribution is 5.95. The molecule has 1 N–H and O–H groups in total. The number of carbonyl (C=O) groups is 1. The topological polar surface area (TPSA) is 75.7 Å². The summed E-state index contributed by atoms with van der Waals surface area (Å²) in [5.41, 5.74) is 11.1. The van der Waals surface area contributed by atoms with E-state index in [4.69, 9.17) is 9.15 Å². The fraction of sp³-hybridized carbons (Fsp3) is 0.400. The molecule has 1 saturated carbocycles. The number of furan rings is 1. The zero-order valence-corrected chi connectivity index (χ0v) is 11.5. The minimum absolute atomic E-state index is 0.368. The normalized spacial score (nSPS) is 16.7. The van der Waals surface area contributed by atoms with Gasteiger partial charge in [0, 0.05) is 23.8 Å². The number of nitrogens with one attached hydrogen (secondary N) is 1. The number of methoxy groups -OCH3 is 1. The van der Waals surface area contributed by atoms with Crippen LogP contribution in [0.1, 0.15) is 40.9 Å². The molecule has 1 aromatic heterocycles. The van der Waals surface area contributed by atoms with Gasteiger partial charge >= 0.3 is 5.97 Å². The largest absolute Gasteiger partial charge is 0.508 e. The number of benzene rings is 1. The maximum atomic E-state index is 11.6. The van der Waals surface area contributed by atoms with E-state index < -0.39 is 5.54 Å². The summed E-state index contributed by atoms with van der Waals surface area (Å²) in [7, 11) is 1.36. The summed E-state index contributed by atoms with van der Waals surface area (Å²) < 4.78 is 10.6. The van der Waals surface area contributed by atoms with Gasteiger partial charge in [-0.25, -0.2) is 4.79 Å². The first-order valence-electron chi connectivity index (χ1n) is 6.64. The predicted molar refractivity (Wildman–Crippen MR) is 72.1 cm³/mol. The van der Waals surface area contributed by atoms with E-state index in [1.807, 2.05) is 6.92 Å². The van der Waals surface area contributed by atoms with E-state index in [9.17, 15) is 10.3 Å². The van der Waals surface area contributed by atoms with Crippen LogP contribution in [0.3, 0.4) is 0 Å². The van der Waals surface area contributed by atoms with Crippen LogP contribution in [-0.2, 0) is 10.3 Å². The van der Waals surface area contributed by atoms with Gasteiger partial charge in [-0.3, -0.25) is 0 Å². The zero-order valence-electron chi connectivity index (χ0n) is 11.5. The molecule has 0 atom stereocenters. The molecule has 0 spiro atoms. The van der Waals surface area contributed by atoms with Crippen LogP contribution in [0.5, 0.6) is 0 Å². The van der Waals surface area contributed by atoms with Gasteiger partial charge in [0.25, 0.3) is 0 Å². The van der Waals surface area contributed by atoms with Crippen LogP contribution in [0, 0.1) is 6.92 Å². The lowest BCUT2D eigenvalue weighted by Crippen LogP contribution is -2.81. The average molecular weight is 272 g/mol. The van der Waals surface area contributed by atoms with Gasteiger partial charge in [0.05, 0.1) is 12.7 Å². The standard InChI is InChI=1S/C15H16N2O3/c1-9-11-8-10(14(18)19-2)4-5-12(11)20-13(9)15(17-16)6-3-7-15/h4-5,8,17H,3,6-7H2,1-2H3. The van der Waals surface area contributed by atoms with Crippen molar-refractivity contribution >= 4 is 16.9 Å². The quantitative estimate of drug-likeness (QED) is 0.686. The Hall–Kier alpha value is -2.17. The van der Waals surface area contributed by atoms with Gasteiger partial charge < -0.3 is 19.8 Å². The third kappa shape index (κ3) is 1.66. The zero-order chi connectivity index (χ0) is 14.3. The monoisotopic (exact) mass is 272 g/mol. The van der Waals surface area contributed by atoms with Gasteiger partial charge in [-0.05, 0) is 31.5 Å². The lowest BCUT2D eigenvalue weighted by molar-refractivity contribution is -0.605. The van der Waals surface area contributed by atoms with Crippen LogP contribution in [0.2, 0.25) is 0 Å². The number of carbonyl (C=O) groups excluding carboxylic acids is 1. The Balaban J connectivity index is 2.15. The summed E-state index contributed by atoms with van der Waals surface area (Å²) in [5, 5.41) is 3.28. The minimum Gasteiger partial charge on any atom is -0.508 e. The number of ether oxygens (including phenoxy) is 1. The Morgan fingerprint density at radius 1 is 1.45 bits per heavy atom. The highest BCUT2D eigenvalue weighted by Gasteiger charge is 2.46. The van der Waals surface area contributed by atoms with Crippen LogP contribution in [0.4, 0.5) is 0 Å². The van der Waals surface area contributed by atoms with E-state index in [-0.39, 0.29) is 5.97 Å². The second-order valence-corrected chi connectivity index (χ2v) is 5.31. The number of esters is 1. The van der Waals surface area contributed by atoms with Gasteiger partial charge in [0.1, 0.15) is 5.58 Å². The molecule has 1 aromatic carbocycles. The molecule has 5 heteroatoms. The maximum absolute atomic E-state index is 11.6. The Labute approximate surface area is 116 Å². The Kier molecular flexibility index (Phi) is 2.85. The van der Waals surface area contributed by atoms with Crippen molar-refractivity contribution in [3.63, 3.8) is 0 Å². The van der Waals surface area contributed by atoms with Crippen molar-refractivity contribution in [2.75, 3.05) is 7.11 Å². The number of rotatable bonds is 3. The van der Waals surface area contributed by atoms with Crippen molar-refractivity contribution in [3.8, 4) is 0 Å². The van der Waals surface area contributed by atoms with Crippen molar-refractivity contribution < 1.29 is 19.1 Å². The summed E-state index contributed by atoms with van der Waals surface area (Å²) in [6.07, 6.45) is 2.74. The van der Waals surface area contributed by atoms with Crippen molar-refractivity contribution in [2.45, 2.75) is 31.7 Å². The van der Waals surface area contributed by atoms with Gasteiger partial charge in [0.2, 0.25) is 5.54 Å². The third-order valence-corrected chi connectivity index (χ3v) is 4.21. The first-order valence-corrected chi connectivity index (χ1v) is 6.64. The molecular formula is C15H16N2O3. The molecule has 0 amide bonds. The SMILES string of the molecule is COC(=O)c1ccc2oc(C3([NH+]=[N-])CCC3)c(C)c2c1. The number of hydrogen-bond acceptors (Lipinski definition) is 3. The molecular weight excluding hydrogens is 256 g/mol. The smallest absolute Gasteiger partial charge is 0.337 e. The highest BCUT2D eigenvalue weighted by Crippen LogP contribution is 2.42. The Bertz CT molecular complexity index is 698. The first-order chi connectivity index (χ1) is 9.61. The summed E-state index contributed by atoms with van der Waals surface area (Å²) >= 11 is 0. The number of nitrogens with zero attached hydrogens (tertiary/aromatic N) is 1. The molecule has 20 heavy (non-hydrogen) atoms. The van der Waals surface area contributed by atoms with E-state index in [0.29, 0.717) is 11.1 Å².